The van der Waals surface area contributed by atoms with E-state index in [1.54, 1.807) is 4.90 Å². The summed E-state index contributed by atoms with van der Waals surface area (Å²) in [5, 5.41) is 11.4. The molecule has 0 aliphatic rings. The minimum atomic E-state index is -1.10. The smallest absolute Gasteiger partial charge is 0.328 e. The van der Waals surface area contributed by atoms with Crippen molar-refractivity contribution in [1.29, 1.82) is 0 Å². The Hall–Kier alpha value is -1.34. The van der Waals surface area contributed by atoms with Crippen molar-refractivity contribution < 1.29 is 19.4 Å². The van der Waals surface area contributed by atoms with Gasteiger partial charge in [-0.1, -0.05) is 6.92 Å². The minimum Gasteiger partial charge on any atom is -0.480 e. The molecular weight excluding hydrogens is 250 g/mol. The van der Waals surface area contributed by atoms with Gasteiger partial charge in [-0.05, 0) is 20.5 Å². The number of likely N-dealkylation sites (N-methyl/N-ethyl adjacent to an activating group) is 1. The van der Waals surface area contributed by atoms with E-state index in [2.05, 4.69) is 5.32 Å². The summed E-state index contributed by atoms with van der Waals surface area (Å²) >= 11 is 0. The molecule has 0 aliphatic carbocycles. The van der Waals surface area contributed by atoms with Gasteiger partial charge in [-0.2, -0.15) is 0 Å². The molecule has 0 radical (unpaired) electrons. The maximum absolute atomic E-state index is 12.0. The van der Waals surface area contributed by atoms with Gasteiger partial charge in [0.15, 0.2) is 6.04 Å². The van der Waals surface area contributed by atoms with Crippen molar-refractivity contribution in [2.45, 2.75) is 19.4 Å². The molecule has 0 saturated heterocycles. The SMILES string of the molecule is CCCN(CCN(C)C)C(=O)NC(COC)C(=O)O. The Morgan fingerprint density at radius 1 is 1.26 bits per heavy atom. The average molecular weight is 275 g/mol. The number of ether oxygens (including phenoxy) is 1. The van der Waals surface area contributed by atoms with Gasteiger partial charge in [0.2, 0.25) is 0 Å². The van der Waals surface area contributed by atoms with Gasteiger partial charge in [0.05, 0.1) is 6.61 Å². The lowest BCUT2D eigenvalue weighted by Gasteiger charge is -2.25. The monoisotopic (exact) mass is 275 g/mol. The summed E-state index contributed by atoms with van der Waals surface area (Å²) in [7, 11) is 5.25. The van der Waals surface area contributed by atoms with Crippen LogP contribution < -0.4 is 5.32 Å². The zero-order valence-corrected chi connectivity index (χ0v) is 12.2. The number of nitrogens with zero attached hydrogens (tertiary/aromatic N) is 2. The molecule has 2 N–H and O–H groups in total. The Bertz CT molecular complexity index is 284. The topological polar surface area (TPSA) is 82.1 Å². The fraction of sp³-hybridized carbons (Fsp3) is 0.833. The molecule has 0 aromatic heterocycles. The van der Waals surface area contributed by atoms with Crippen LogP contribution in [0.15, 0.2) is 0 Å². The number of carboxylic acids is 1. The van der Waals surface area contributed by atoms with Crippen LogP contribution in [0.1, 0.15) is 13.3 Å². The van der Waals surface area contributed by atoms with E-state index in [0.29, 0.717) is 13.1 Å². The van der Waals surface area contributed by atoms with Gasteiger partial charge in [-0.3, -0.25) is 0 Å². The van der Waals surface area contributed by atoms with Crippen LogP contribution in [0.2, 0.25) is 0 Å². The number of hydrogen-bond acceptors (Lipinski definition) is 4. The van der Waals surface area contributed by atoms with Crippen molar-refractivity contribution >= 4 is 12.0 Å². The molecule has 7 nitrogen and oxygen atoms in total. The summed E-state index contributed by atoms with van der Waals surface area (Å²) in [6.07, 6.45) is 0.822. The summed E-state index contributed by atoms with van der Waals surface area (Å²) in [5.74, 6) is -1.10. The van der Waals surface area contributed by atoms with Crippen LogP contribution in [-0.2, 0) is 9.53 Å². The summed E-state index contributed by atoms with van der Waals surface area (Å²) in [6.45, 7) is 3.81. The van der Waals surface area contributed by atoms with Gasteiger partial charge in [0.25, 0.3) is 0 Å². The van der Waals surface area contributed by atoms with Gasteiger partial charge in [-0.25, -0.2) is 9.59 Å². The molecular formula is C12H25N3O4. The first-order chi connectivity index (χ1) is 8.92. The Kier molecular flexibility index (Phi) is 8.90. The molecule has 112 valence electrons. The van der Waals surface area contributed by atoms with E-state index in [4.69, 9.17) is 9.84 Å². The molecule has 0 aromatic carbocycles. The van der Waals surface area contributed by atoms with Crippen LogP contribution in [0.4, 0.5) is 4.79 Å². The number of carboxylic acid groups (broad SMARTS) is 1. The van der Waals surface area contributed by atoms with Gasteiger partial charge < -0.3 is 25.0 Å². The van der Waals surface area contributed by atoms with Crippen LogP contribution >= 0.6 is 0 Å². The van der Waals surface area contributed by atoms with Crippen molar-refractivity contribution in [2.75, 3.05) is 47.4 Å². The van der Waals surface area contributed by atoms with E-state index in [0.717, 1.165) is 13.0 Å². The quantitative estimate of drug-likeness (QED) is 0.622. The molecule has 0 aliphatic heterocycles. The zero-order valence-electron chi connectivity index (χ0n) is 12.2. The molecule has 0 spiro atoms. The second-order valence-electron chi connectivity index (χ2n) is 4.59. The lowest BCUT2D eigenvalue weighted by Crippen LogP contribution is -2.51. The average Bonchev–Trinajstić information content (AvgIpc) is 2.33. The minimum absolute atomic E-state index is 0.0469. The van der Waals surface area contributed by atoms with E-state index in [9.17, 15) is 9.59 Å². The predicted octanol–water partition coefficient (Wildman–Crippen LogP) is 0.0692. The predicted molar refractivity (Wildman–Crippen MR) is 72.2 cm³/mol. The second-order valence-corrected chi connectivity index (χ2v) is 4.59. The Balaban J connectivity index is 4.47. The molecule has 0 aromatic rings. The largest absolute Gasteiger partial charge is 0.480 e. The van der Waals surface area contributed by atoms with E-state index < -0.39 is 12.0 Å². The van der Waals surface area contributed by atoms with Crippen LogP contribution in [0, 0.1) is 0 Å². The lowest BCUT2D eigenvalue weighted by molar-refractivity contribution is -0.140. The molecule has 1 unspecified atom stereocenters. The molecule has 0 bridgehead atoms. The maximum Gasteiger partial charge on any atom is 0.328 e. The van der Waals surface area contributed by atoms with Crippen molar-refractivity contribution in [3.63, 3.8) is 0 Å². The van der Waals surface area contributed by atoms with E-state index in [1.165, 1.54) is 7.11 Å². The zero-order chi connectivity index (χ0) is 14.8. The van der Waals surface area contributed by atoms with Crippen molar-refractivity contribution in [3.8, 4) is 0 Å². The summed E-state index contributed by atoms with van der Waals surface area (Å²) < 4.78 is 4.78. The molecule has 2 amide bonds. The molecule has 7 heteroatoms. The number of carbonyl (C=O) groups is 2. The first-order valence-corrected chi connectivity index (χ1v) is 6.34. The summed E-state index contributed by atoms with van der Waals surface area (Å²) in [4.78, 5) is 26.6. The number of aliphatic carboxylic acids is 1. The Labute approximate surface area is 114 Å². The van der Waals surface area contributed by atoms with E-state index in [-0.39, 0.29) is 12.6 Å². The van der Waals surface area contributed by atoms with E-state index >= 15 is 0 Å². The highest BCUT2D eigenvalue weighted by Gasteiger charge is 2.22. The number of methoxy groups -OCH3 is 1. The molecule has 0 fully saturated rings. The third-order valence-corrected chi connectivity index (χ3v) is 2.53. The van der Waals surface area contributed by atoms with Crippen molar-refractivity contribution in [3.05, 3.63) is 0 Å². The molecule has 19 heavy (non-hydrogen) atoms. The number of urea groups is 1. The number of carbonyl (C=O) groups excluding carboxylic acids is 1. The molecule has 0 rings (SSSR count). The third-order valence-electron chi connectivity index (χ3n) is 2.53. The lowest BCUT2D eigenvalue weighted by atomic mass is 10.3. The third kappa shape index (κ3) is 7.63. The summed E-state index contributed by atoms with van der Waals surface area (Å²) in [5.41, 5.74) is 0. The standard InChI is InChI=1S/C12H25N3O4/c1-5-6-15(8-7-14(2)3)12(18)13-10(9-19-4)11(16)17/h10H,5-9H2,1-4H3,(H,13,18)(H,16,17). The Morgan fingerprint density at radius 3 is 2.32 bits per heavy atom. The first kappa shape index (κ1) is 17.7. The molecule has 0 saturated carbocycles. The normalized spacial score (nSPS) is 12.3. The number of rotatable bonds is 9. The first-order valence-electron chi connectivity index (χ1n) is 6.34. The number of amides is 2. The fourth-order valence-corrected chi connectivity index (χ4v) is 1.49. The summed E-state index contributed by atoms with van der Waals surface area (Å²) in [6, 6.07) is -1.38. The van der Waals surface area contributed by atoms with Crippen LogP contribution in [0.5, 0.6) is 0 Å². The highest BCUT2D eigenvalue weighted by Crippen LogP contribution is 1.96. The number of nitrogens with one attached hydrogen (secondary N) is 1. The number of hydrogen-bond donors (Lipinski definition) is 2. The van der Waals surface area contributed by atoms with Gasteiger partial charge >= 0.3 is 12.0 Å². The van der Waals surface area contributed by atoms with Crippen LogP contribution in [-0.4, -0.2) is 80.4 Å². The van der Waals surface area contributed by atoms with Crippen molar-refractivity contribution in [1.82, 2.24) is 15.1 Å². The Morgan fingerprint density at radius 2 is 1.89 bits per heavy atom. The second kappa shape index (κ2) is 9.57. The van der Waals surface area contributed by atoms with Gasteiger partial charge in [0.1, 0.15) is 0 Å². The van der Waals surface area contributed by atoms with Crippen LogP contribution in [0.3, 0.4) is 0 Å². The molecule has 0 heterocycles. The van der Waals surface area contributed by atoms with E-state index in [1.807, 2.05) is 25.9 Å². The maximum atomic E-state index is 12.0. The molecule has 1 atom stereocenters. The highest BCUT2D eigenvalue weighted by molar-refractivity contribution is 5.82. The van der Waals surface area contributed by atoms with Gasteiger partial charge in [-0.15, -0.1) is 0 Å². The van der Waals surface area contributed by atoms with Crippen molar-refractivity contribution in [2.24, 2.45) is 0 Å². The van der Waals surface area contributed by atoms with Crippen LogP contribution in [0.25, 0.3) is 0 Å². The fourth-order valence-electron chi connectivity index (χ4n) is 1.49. The van der Waals surface area contributed by atoms with Gasteiger partial charge in [0, 0.05) is 26.7 Å². The highest BCUT2D eigenvalue weighted by atomic mass is 16.5.